The minimum Gasteiger partial charge on any atom is -0.495 e. The molecule has 108 valence electrons. The molecular weight excluding hydrogens is 286 g/mol. The molecule has 1 atom stereocenters. The fraction of sp³-hybridized carbons (Fsp3) is 0.200. The van der Waals surface area contributed by atoms with Gasteiger partial charge in [-0.15, -0.1) is 11.3 Å². The van der Waals surface area contributed by atoms with E-state index in [0.717, 1.165) is 5.69 Å². The highest BCUT2D eigenvalue weighted by molar-refractivity contribution is 7.14. The molecule has 1 unspecified atom stereocenters. The molecule has 2 aromatic rings. The van der Waals surface area contributed by atoms with E-state index in [9.17, 15) is 4.79 Å². The van der Waals surface area contributed by atoms with Gasteiger partial charge >= 0.3 is 0 Å². The van der Waals surface area contributed by atoms with E-state index < -0.39 is 6.04 Å². The molecule has 1 heterocycles. The zero-order chi connectivity index (χ0) is 15.2. The molecule has 0 radical (unpaired) electrons. The number of carbonyl (C=O) groups excluding carboxylic acids is 1. The number of ether oxygens (including phenoxy) is 1. The molecule has 0 spiro atoms. The smallest absolute Gasteiger partial charge is 0.247 e. The second-order valence-corrected chi connectivity index (χ2v) is 5.25. The van der Waals surface area contributed by atoms with E-state index >= 15 is 0 Å². The Kier molecular flexibility index (Phi) is 4.80. The van der Waals surface area contributed by atoms with Crippen LogP contribution in [0.1, 0.15) is 12.5 Å². The van der Waals surface area contributed by atoms with Crippen LogP contribution in [0.5, 0.6) is 5.75 Å². The summed E-state index contributed by atoms with van der Waals surface area (Å²) in [6.45, 7) is 1.75. The van der Waals surface area contributed by atoms with Gasteiger partial charge in [0.15, 0.2) is 0 Å². The first kappa shape index (κ1) is 14.9. The van der Waals surface area contributed by atoms with E-state index in [0.29, 0.717) is 16.3 Å². The van der Waals surface area contributed by atoms with Crippen molar-refractivity contribution < 1.29 is 9.53 Å². The molecule has 5 nitrogen and oxygen atoms in total. The van der Waals surface area contributed by atoms with E-state index in [2.05, 4.69) is 10.6 Å². The number of amides is 1. The van der Waals surface area contributed by atoms with Crippen LogP contribution in [-0.2, 0) is 4.79 Å². The predicted octanol–water partition coefficient (Wildman–Crippen LogP) is 3.07. The summed E-state index contributed by atoms with van der Waals surface area (Å²) in [6, 6.07) is 10.6. The standard InChI is InChI=1S/C15H15N3O2S/c1-10(17-12-5-3-4-6-13(12)20-2)14(19)18-15-11(9-16)7-8-21-15/h3-8,10,17H,1-2H3,(H,18,19). The molecule has 21 heavy (non-hydrogen) atoms. The molecule has 0 bridgehead atoms. The van der Waals surface area contributed by atoms with E-state index in [1.807, 2.05) is 30.3 Å². The average Bonchev–Trinajstić information content (AvgIpc) is 2.94. The molecule has 1 aromatic heterocycles. The Bertz CT molecular complexity index is 676. The average molecular weight is 301 g/mol. The second kappa shape index (κ2) is 6.77. The van der Waals surface area contributed by atoms with Gasteiger partial charge in [0.1, 0.15) is 22.9 Å². The fourth-order valence-electron chi connectivity index (χ4n) is 1.78. The molecule has 0 aliphatic carbocycles. The normalized spacial score (nSPS) is 11.3. The number of hydrogen-bond donors (Lipinski definition) is 2. The van der Waals surface area contributed by atoms with Crippen LogP contribution in [0.4, 0.5) is 10.7 Å². The van der Waals surface area contributed by atoms with Crippen molar-refractivity contribution in [2.75, 3.05) is 17.7 Å². The van der Waals surface area contributed by atoms with Gasteiger partial charge in [-0.05, 0) is 30.5 Å². The third kappa shape index (κ3) is 3.52. The highest BCUT2D eigenvalue weighted by atomic mass is 32.1. The highest BCUT2D eigenvalue weighted by Crippen LogP contribution is 2.25. The monoisotopic (exact) mass is 301 g/mol. The Morgan fingerprint density at radius 2 is 2.14 bits per heavy atom. The first-order valence-corrected chi connectivity index (χ1v) is 7.21. The fourth-order valence-corrected chi connectivity index (χ4v) is 2.52. The van der Waals surface area contributed by atoms with Gasteiger partial charge in [0, 0.05) is 0 Å². The number of hydrogen-bond acceptors (Lipinski definition) is 5. The minimum absolute atomic E-state index is 0.208. The van der Waals surface area contributed by atoms with Crippen molar-refractivity contribution >= 4 is 27.9 Å². The number of thiophene rings is 1. The first-order valence-electron chi connectivity index (χ1n) is 6.33. The minimum atomic E-state index is -0.463. The lowest BCUT2D eigenvalue weighted by molar-refractivity contribution is -0.116. The molecule has 0 aliphatic rings. The SMILES string of the molecule is COc1ccccc1NC(C)C(=O)Nc1sccc1C#N. The van der Waals surface area contributed by atoms with E-state index in [1.165, 1.54) is 11.3 Å². The number of nitriles is 1. The largest absolute Gasteiger partial charge is 0.495 e. The van der Waals surface area contributed by atoms with Crippen molar-refractivity contribution in [1.29, 1.82) is 5.26 Å². The third-order valence-corrected chi connectivity index (χ3v) is 3.72. The van der Waals surface area contributed by atoms with E-state index in [1.54, 1.807) is 25.5 Å². The predicted molar refractivity (Wildman–Crippen MR) is 83.7 cm³/mol. The van der Waals surface area contributed by atoms with Gasteiger partial charge in [0.05, 0.1) is 18.4 Å². The zero-order valence-corrected chi connectivity index (χ0v) is 12.5. The number of anilines is 2. The number of methoxy groups -OCH3 is 1. The summed E-state index contributed by atoms with van der Waals surface area (Å²) in [5.41, 5.74) is 1.21. The van der Waals surface area contributed by atoms with Crippen LogP contribution in [-0.4, -0.2) is 19.1 Å². The highest BCUT2D eigenvalue weighted by Gasteiger charge is 2.16. The van der Waals surface area contributed by atoms with Crippen LogP contribution in [0, 0.1) is 11.3 Å². The van der Waals surface area contributed by atoms with Crippen LogP contribution in [0.3, 0.4) is 0 Å². The summed E-state index contributed by atoms with van der Waals surface area (Å²) in [4.78, 5) is 12.2. The van der Waals surface area contributed by atoms with Gasteiger partial charge in [-0.3, -0.25) is 4.79 Å². The molecule has 1 amide bonds. The van der Waals surface area contributed by atoms with Crippen molar-refractivity contribution in [2.24, 2.45) is 0 Å². The molecule has 0 saturated heterocycles. The molecule has 0 aliphatic heterocycles. The Morgan fingerprint density at radius 1 is 1.38 bits per heavy atom. The molecule has 6 heteroatoms. The summed E-state index contributed by atoms with van der Waals surface area (Å²) >= 11 is 1.33. The Morgan fingerprint density at radius 3 is 2.86 bits per heavy atom. The van der Waals surface area contributed by atoms with Crippen molar-refractivity contribution in [2.45, 2.75) is 13.0 Å². The molecule has 0 saturated carbocycles. The quantitative estimate of drug-likeness (QED) is 0.890. The Balaban J connectivity index is 2.05. The molecule has 2 rings (SSSR count). The lowest BCUT2D eigenvalue weighted by atomic mass is 10.2. The number of rotatable bonds is 5. The van der Waals surface area contributed by atoms with Gasteiger partial charge in [0.25, 0.3) is 0 Å². The lowest BCUT2D eigenvalue weighted by Gasteiger charge is -2.16. The summed E-state index contributed by atoms with van der Waals surface area (Å²) in [7, 11) is 1.58. The van der Waals surface area contributed by atoms with Crippen LogP contribution < -0.4 is 15.4 Å². The van der Waals surface area contributed by atoms with E-state index in [4.69, 9.17) is 10.00 Å². The van der Waals surface area contributed by atoms with Crippen molar-refractivity contribution in [3.63, 3.8) is 0 Å². The van der Waals surface area contributed by atoms with Gasteiger partial charge in [-0.2, -0.15) is 5.26 Å². The molecular formula is C15H15N3O2S. The van der Waals surface area contributed by atoms with Crippen LogP contribution in [0.25, 0.3) is 0 Å². The van der Waals surface area contributed by atoms with Crippen molar-refractivity contribution in [3.05, 3.63) is 41.3 Å². The Labute approximate surface area is 127 Å². The second-order valence-electron chi connectivity index (χ2n) is 4.33. The van der Waals surface area contributed by atoms with Gasteiger partial charge in [-0.1, -0.05) is 12.1 Å². The van der Waals surface area contributed by atoms with Gasteiger partial charge in [0.2, 0.25) is 5.91 Å². The number of carbonyl (C=O) groups is 1. The van der Waals surface area contributed by atoms with Gasteiger partial charge in [-0.25, -0.2) is 0 Å². The molecule has 2 N–H and O–H groups in total. The van der Waals surface area contributed by atoms with Crippen LogP contribution in [0.2, 0.25) is 0 Å². The topological polar surface area (TPSA) is 74.2 Å². The van der Waals surface area contributed by atoms with Gasteiger partial charge < -0.3 is 15.4 Å². The number of nitrogens with zero attached hydrogens (tertiary/aromatic N) is 1. The summed E-state index contributed by atoms with van der Waals surface area (Å²) in [5.74, 6) is 0.464. The number of benzene rings is 1. The lowest BCUT2D eigenvalue weighted by Crippen LogP contribution is -2.31. The third-order valence-electron chi connectivity index (χ3n) is 2.89. The Hall–Kier alpha value is -2.52. The summed E-state index contributed by atoms with van der Waals surface area (Å²) in [6.07, 6.45) is 0. The maximum Gasteiger partial charge on any atom is 0.247 e. The molecule has 1 aromatic carbocycles. The zero-order valence-electron chi connectivity index (χ0n) is 11.7. The van der Waals surface area contributed by atoms with E-state index in [-0.39, 0.29) is 5.91 Å². The van der Waals surface area contributed by atoms with Crippen molar-refractivity contribution in [3.8, 4) is 11.8 Å². The first-order chi connectivity index (χ1) is 10.2. The number of nitrogens with one attached hydrogen (secondary N) is 2. The number of para-hydroxylation sites is 2. The molecule has 0 fully saturated rings. The maximum atomic E-state index is 12.2. The van der Waals surface area contributed by atoms with Crippen LogP contribution in [0.15, 0.2) is 35.7 Å². The maximum absolute atomic E-state index is 12.2. The van der Waals surface area contributed by atoms with Crippen molar-refractivity contribution in [1.82, 2.24) is 0 Å². The summed E-state index contributed by atoms with van der Waals surface area (Å²) in [5, 5.41) is 17.1. The summed E-state index contributed by atoms with van der Waals surface area (Å²) < 4.78 is 5.23. The van der Waals surface area contributed by atoms with Crippen LogP contribution >= 0.6 is 11.3 Å².